The summed E-state index contributed by atoms with van der Waals surface area (Å²) in [6.45, 7) is 6.95. The SMILES string of the molecule is CCCCCCCC(=O)N[C@H]1CS[C@@H]2c3c(OC(C)=O)c(C)c4c(c3[C@H](COC1=O)N1C2[C@H]2c3c(cc(C)c(OC)c3O)C[C@@H]([C@@H]1O)N2C)OCO4. The molecular formula is C38H49N3O10S. The molecule has 0 aliphatic carbocycles. The summed E-state index contributed by atoms with van der Waals surface area (Å²) >= 11 is 1.42. The maximum atomic E-state index is 13.8. The van der Waals surface area contributed by atoms with Crippen LogP contribution in [0.2, 0.25) is 0 Å². The molecule has 7 atom stereocenters. The second-order valence-electron chi connectivity index (χ2n) is 14.5. The molecule has 6 aliphatic heterocycles. The van der Waals surface area contributed by atoms with Crippen molar-refractivity contribution in [3.63, 3.8) is 0 Å². The number of aliphatic hydroxyl groups is 1. The number of unbranched alkanes of at least 4 members (excludes halogenated alkanes) is 4. The normalized spacial score (nSPS) is 27.6. The summed E-state index contributed by atoms with van der Waals surface area (Å²) in [5.74, 6) is 0.482. The van der Waals surface area contributed by atoms with Crippen LogP contribution in [0.4, 0.5) is 0 Å². The molecule has 0 saturated carbocycles. The smallest absolute Gasteiger partial charge is 0.329 e. The molecule has 0 spiro atoms. The lowest BCUT2D eigenvalue weighted by Crippen LogP contribution is -2.69. The molecule has 2 saturated heterocycles. The van der Waals surface area contributed by atoms with Crippen LogP contribution in [0.3, 0.4) is 0 Å². The van der Waals surface area contributed by atoms with Crippen LogP contribution in [0.25, 0.3) is 0 Å². The highest BCUT2D eigenvalue weighted by Gasteiger charge is 2.60. The lowest BCUT2D eigenvalue weighted by Gasteiger charge is -2.62. The molecule has 6 aliphatic rings. The minimum atomic E-state index is -1.03. The number of fused-ring (bicyclic) bond motifs is 10. The highest BCUT2D eigenvalue weighted by molar-refractivity contribution is 7.99. The van der Waals surface area contributed by atoms with Crippen LogP contribution in [-0.4, -0.2) is 95.5 Å². The maximum absolute atomic E-state index is 13.8. The topological polar surface area (TPSA) is 156 Å². The number of nitrogens with zero attached hydrogens (tertiary/aromatic N) is 2. The molecule has 0 radical (unpaired) electrons. The zero-order valence-corrected chi connectivity index (χ0v) is 31.5. The van der Waals surface area contributed by atoms with E-state index in [1.807, 2.05) is 31.9 Å². The molecule has 6 heterocycles. The number of aryl methyl sites for hydroxylation is 1. The molecule has 2 aromatic rings. The van der Waals surface area contributed by atoms with E-state index < -0.39 is 47.6 Å². The van der Waals surface area contributed by atoms with Crippen LogP contribution in [-0.2, 0) is 25.5 Å². The lowest BCUT2D eigenvalue weighted by molar-refractivity contribution is -0.184. The van der Waals surface area contributed by atoms with Gasteiger partial charge in [-0.15, -0.1) is 11.8 Å². The Hall–Kier alpha value is -3.72. The van der Waals surface area contributed by atoms with E-state index >= 15 is 0 Å². The van der Waals surface area contributed by atoms with Crippen LogP contribution in [0, 0.1) is 13.8 Å². The van der Waals surface area contributed by atoms with E-state index in [-0.39, 0.29) is 36.9 Å². The number of piperazine rings is 1. The van der Waals surface area contributed by atoms with E-state index in [1.54, 1.807) is 0 Å². The van der Waals surface area contributed by atoms with Crippen LogP contribution in [0.1, 0.15) is 103 Å². The highest BCUT2D eigenvalue weighted by atomic mass is 32.2. The number of carbonyl (C=O) groups is 3. The average molecular weight is 740 g/mol. The molecule has 282 valence electrons. The van der Waals surface area contributed by atoms with Gasteiger partial charge in [0.15, 0.2) is 23.0 Å². The number of aromatic hydroxyl groups is 1. The van der Waals surface area contributed by atoms with Crippen molar-refractivity contribution in [2.45, 2.75) is 114 Å². The molecular weight excluding hydrogens is 690 g/mol. The van der Waals surface area contributed by atoms with Gasteiger partial charge in [0.05, 0.1) is 30.5 Å². The van der Waals surface area contributed by atoms with Gasteiger partial charge in [-0.3, -0.25) is 19.4 Å². The third kappa shape index (κ3) is 6.05. The van der Waals surface area contributed by atoms with Gasteiger partial charge in [-0.1, -0.05) is 38.7 Å². The van der Waals surface area contributed by atoms with Crippen LogP contribution >= 0.6 is 11.8 Å². The van der Waals surface area contributed by atoms with Gasteiger partial charge >= 0.3 is 11.9 Å². The minimum Gasteiger partial charge on any atom is -0.504 e. The first-order chi connectivity index (χ1) is 25.0. The molecule has 14 heteroatoms. The molecule has 4 bridgehead atoms. The summed E-state index contributed by atoms with van der Waals surface area (Å²) in [7, 11) is 3.48. The van der Waals surface area contributed by atoms with E-state index in [2.05, 4.69) is 17.1 Å². The van der Waals surface area contributed by atoms with E-state index in [4.69, 9.17) is 23.7 Å². The Labute approximate surface area is 308 Å². The number of likely N-dealkylation sites (N-methyl/N-ethyl adjacent to an activating group) is 1. The highest BCUT2D eigenvalue weighted by Crippen LogP contribution is 2.63. The molecule has 8 rings (SSSR count). The number of ether oxygens (including phenoxy) is 5. The maximum Gasteiger partial charge on any atom is 0.329 e. The number of hydrogen-bond donors (Lipinski definition) is 3. The quantitative estimate of drug-likeness (QED) is 0.188. The average Bonchev–Trinajstić information content (AvgIpc) is 3.60. The zero-order chi connectivity index (χ0) is 37.0. The van der Waals surface area contributed by atoms with Gasteiger partial charge in [-0.25, -0.2) is 4.79 Å². The van der Waals surface area contributed by atoms with Crippen molar-refractivity contribution in [3.05, 3.63) is 39.4 Å². The van der Waals surface area contributed by atoms with Crippen molar-refractivity contribution in [1.29, 1.82) is 0 Å². The van der Waals surface area contributed by atoms with Crippen molar-refractivity contribution < 1.29 is 48.3 Å². The first-order valence-electron chi connectivity index (χ1n) is 18.3. The molecule has 52 heavy (non-hydrogen) atoms. The number of benzene rings is 2. The van der Waals surface area contributed by atoms with Crippen LogP contribution in [0.5, 0.6) is 28.7 Å². The lowest BCUT2D eigenvalue weighted by atomic mass is 9.73. The Morgan fingerprint density at radius 2 is 1.81 bits per heavy atom. The van der Waals surface area contributed by atoms with E-state index in [1.165, 1.54) is 25.8 Å². The van der Waals surface area contributed by atoms with Gasteiger partial charge in [0.1, 0.15) is 24.6 Å². The van der Waals surface area contributed by atoms with E-state index in [0.29, 0.717) is 58.1 Å². The molecule has 1 amide bonds. The molecule has 2 aromatic carbocycles. The van der Waals surface area contributed by atoms with Crippen LogP contribution < -0.4 is 24.3 Å². The summed E-state index contributed by atoms with van der Waals surface area (Å²) in [6.07, 6.45) is 4.68. The fraction of sp³-hybridized carbons (Fsp3) is 0.605. The number of carbonyl (C=O) groups excluding carboxylic acids is 3. The summed E-state index contributed by atoms with van der Waals surface area (Å²) < 4.78 is 29.8. The Morgan fingerprint density at radius 3 is 2.54 bits per heavy atom. The van der Waals surface area contributed by atoms with Crippen molar-refractivity contribution in [2.75, 3.05) is 33.3 Å². The van der Waals surface area contributed by atoms with E-state index in [0.717, 1.165) is 43.2 Å². The standard InChI is InChI=1S/C38H49N3O10S/c1-7-8-9-10-11-12-25(43)39-22-16-52-36-28-27(35-34(49-17-50-35)19(3)33(28)51-20(4)42)24(15-48-38(22)46)41-30(36)29-26-21(14-23(37(41)45)40(29)5)13-18(2)32(47-6)31(26)44/h13,22-24,29-30,36-37,44-45H,7-12,14-17H2,1-6H3,(H,39,43)/t22-,23-,24-,29+,30?,36+,37-/m0/s1. The van der Waals surface area contributed by atoms with E-state index in [9.17, 15) is 24.6 Å². The third-order valence-corrected chi connectivity index (χ3v) is 12.7. The van der Waals surface area contributed by atoms with Gasteiger partial charge in [-0.2, -0.15) is 0 Å². The van der Waals surface area contributed by atoms with Crippen molar-refractivity contribution in [3.8, 4) is 28.7 Å². The van der Waals surface area contributed by atoms with Crippen molar-refractivity contribution in [2.24, 2.45) is 0 Å². The van der Waals surface area contributed by atoms with Crippen molar-refractivity contribution in [1.82, 2.24) is 15.1 Å². The Morgan fingerprint density at radius 1 is 1.06 bits per heavy atom. The Bertz CT molecular complexity index is 1770. The van der Waals surface area contributed by atoms with Gasteiger partial charge in [0.2, 0.25) is 12.7 Å². The third-order valence-electron chi connectivity index (χ3n) is 11.3. The summed E-state index contributed by atoms with van der Waals surface area (Å²) in [6, 6.07) is -1.07. The number of methoxy groups -OCH3 is 1. The summed E-state index contributed by atoms with van der Waals surface area (Å²) in [5.41, 5.74) is 4.29. The molecule has 0 aromatic heterocycles. The fourth-order valence-corrected chi connectivity index (χ4v) is 10.5. The predicted octanol–water partition coefficient (Wildman–Crippen LogP) is 4.50. The number of nitrogens with one attached hydrogen (secondary N) is 1. The van der Waals surface area contributed by atoms with Gasteiger partial charge in [-0.05, 0) is 44.9 Å². The molecule has 3 N–H and O–H groups in total. The second kappa shape index (κ2) is 14.6. The molecule has 2 fully saturated rings. The summed E-state index contributed by atoms with van der Waals surface area (Å²) in [4.78, 5) is 43.8. The predicted molar refractivity (Wildman–Crippen MR) is 192 cm³/mol. The largest absolute Gasteiger partial charge is 0.504 e. The number of rotatable bonds is 9. The first kappa shape index (κ1) is 36.6. The second-order valence-corrected chi connectivity index (χ2v) is 15.7. The summed E-state index contributed by atoms with van der Waals surface area (Å²) in [5, 5.41) is 26.7. The fourth-order valence-electron chi connectivity index (χ4n) is 9.03. The number of phenols is 1. The van der Waals surface area contributed by atoms with Crippen LogP contribution in [0.15, 0.2) is 6.07 Å². The molecule has 1 unspecified atom stereocenters. The monoisotopic (exact) mass is 739 g/mol. The first-order valence-corrected chi connectivity index (χ1v) is 19.3. The number of aliphatic hydroxyl groups excluding tert-OH is 1. The number of amides is 1. The zero-order valence-electron chi connectivity index (χ0n) is 30.7. The number of esters is 2. The Kier molecular flexibility index (Phi) is 10.3. The van der Waals surface area contributed by atoms with Gasteiger partial charge in [0.25, 0.3) is 0 Å². The minimum absolute atomic E-state index is 0.0416. The molecule has 13 nitrogen and oxygen atoms in total. The number of thioether (sulfide) groups is 1. The number of phenolic OH excluding ortho intramolecular Hbond substituents is 1. The van der Waals surface area contributed by atoms with Crippen molar-refractivity contribution >= 4 is 29.6 Å². The number of hydrogen-bond acceptors (Lipinski definition) is 13. The Balaban J connectivity index is 1.38. The van der Waals surface area contributed by atoms with Gasteiger partial charge < -0.3 is 39.2 Å². The van der Waals surface area contributed by atoms with Gasteiger partial charge in [0, 0.05) is 47.4 Å².